The molecule has 3 rings (SSSR count). The van der Waals surface area contributed by atoms with Crippen molar-refractivity contribution in [1.82, 2.24) is 10.4 Å². The lowest BCUT2D eigenvalue weighted by molar-refractivity contribution is -0.123. The molecule has 1 aromatic heterocycles. The molecule has 3 aromatic rings. The van der Waals surface area contributed by atoms with E-state index in [0.29, 0.717) is 34.9 Å². The number of carbonyl (C=O) groups excluding carboxylic acids is 1. The van der Waals surface area contributed by atoms with Crippen molar-refractivity contribution in [3.8, 4) is 23.3 Å². The highest BCUT2D eigenvalue weighted by Crippen LogP contribution is 2.28. The number of hydrogen-bond donors (Lipinski definition) is 1. The highest BCUT2D eigenvalue weighted by atomic mass is 16.5. The summed E-state index contributed by atoms with van der Waals surface area (Å²) in [5.41, 5.74) is 3.81. The van der Waals surface area contributed by atoms with Crippen molar-refractivity contribution < 1.29 is 19.0 Å². The van der Waals surface area contributed by atoms with Crippen LogP contribution in [0.25, 0.3) is 10.9 Å². The van der Waals surface area contributed by atoms with Crippen molar-refractivity contribution in [2.24, 2.45) is 5.10 Å². The molecule has 0 saturated heterocycles. The number of rotatable bonds is 9. The Morgan fingerprint density at radius 1 is 1.13 bits per heavy atom. The number of amides is 1. The van der Waals surface area contributed by atoms with E-state index in [4.69, 9.17) is 19.5 Å². The summed E-state index contributed by atoms with van der Waals surface area (Å²) in [4.78, 5) is 16.3. The third kappa shape index (κ3) is 5.45. The van der Waals surface area contributed by atoms with Crippen molar-refractivity contribution in [3.63, 3.8) is 0 Å². The van der Waals surface area contributed by atoms with Gasteiger partial charge in [0.25, 0.3) is 5.91 Å². The number of hydrogen-bond acceptors (Lipinski definition) is 7. The Labute approximate surface area is 173 Å². The summed E-state index contributed by atoms with van der Waals surface area (Å²) in [6.45, 7) is 2.02. The average Bonchev–Trinajstić information content (AvgIpc) is 2.77. The Bertz CT molecular complexity index is 1090. The molecule has 0 aliphatic heterocycles. The van der Waals surface area contributed by atoms with Gasteiger partial charge in [-0.15, -0.1) is 0 Å². The van der Waals surface area contributed by atoms with Crippen LogP contribution in [-0.2, 0) is 4.79 Å². The summed E-state index contributed by atoms with van der Waals surface area (Å²) in [6, 6.07) is 16.3. The van der Waals surface area contributed by atoms with Gasteiger partial charge >= 0.3 is 0 Å². The number of carbonyl (C=O) groups is 1. The molecule has 1 heterocycles. The molecule has 1 N–H and O–H groups in total. The lowest BCUT2D eigenvalue weighted by Crippen LogP contribution is -2.24. The summed E-state index contributed by atoms with van der Waals surface area (Å²) in [7, 11) is 0. The number of nitriles is 1. The predicted molar refractivity (Wildman–Crippen MR) is 112 cm³/mol. The van der Waals surface area contributed by atoms with Crippen LogP contribution in [0.1, 0.15) is 12.5 Å². The quantitative estimate of drug-likeness (QED) is 0.434. The molecule has 0 unspecified atom stereocenters. The highest BCUT2D eigenvalue weighted by Gasteiger charge is 2.07. The number of fused-ring (bicyclic) bond motifs is 1. The minimum atomic E-state index is -0.404. The number of nitrogens with one attached hydrogen (secondary N) is 1. The number of benzene rings is 2. The maximum absolute atomic E-state index is 12.0. The number of pyridine rings is 1. The summed E-state index contributed by atoms with van der Waals surface area (Å²) in [5, 5.41) is 13.5. The first kappa shape index (κ1) is 20.6. The molecule has 1 amide bonds. The Morgan fingerprint density at radius 3 is 2.83 bits per heavy atom. The van der Waals surface area contributed by atoms with Crippen LogP contribution in [0.2, 0.25) is 0 Å². The summed E-state index contributed by atoms with van der Waals surface area (Å²) in [5.74, 6) is 1.09. The van der Waals surface area contributed by atoms with Gasteiger partial charge < -0.3 is 14.2 Å². The molecule has 0 bridgehead atoms. The third-order valence-electron chi connectivity index (χ3n) is 3.92. The SMILES string of the molecule is CCOc1cc(/C=N/NC(=O)COc2cccc3cccnc23)ccc1OCC#N. The highest BCUT2D eigenvalue weighted by molar-refractivity contribution is 5.86. The van der Waals surface area contributed by atoms with Crippen LogP contribution >= 0.6 is 0 Å². The number of nitrogens with zero attached hydrogens (tertiary/aromatic N) is 3. The maximum Gasteiger partial charge on any atom is 0.277 e. The van der Waals surface area contributed by atoms with Gasteiger partial charge in [0.05, 0.1) is 12.8 Å². The minimum absolute atomic E-state index is 0.0736. The second-order valence-electron chi connectivity index (χ2n) is 6.00. The van der Waals surface area contributed by atoms with E-state index in [1.807, 2.05) is 37.3 Å². The lowest BCUT2D eigenvalue weighted by atomic mass is 10.2. The molecule has 0 fully saturated rings. The van der Waals surface area contributed by atoms with Gasteiger partial charge in [0.2, 0.25) is 0 Å². The first-order chi connectivity index (χ1) is 14.7. The van der Waals surface area contributed by atoms with E-state index in [1.165, 1.54) is 6.21 Å². The predicted octanol–water partition coefficient (Wildman–Crippen LogP) is 3.06. The Kier molecular flexibility index (Phi) is 7.17. The molecule has 8 nitrogen and oxygen atoms in total. The molecule has 152 valence electrons. The zero-order valence-corrected chi connectivity index (χ0v) is 16.4. The molecule has 0 atom stereocenters. The van der Waals surface area contributed by atoms with Gasteiger partial charge in [-0.25, -0.2) is 5.43 Å². The summed E-state index contributed by atoms with van der Waals surface area (Å²) < 4.78 is 16.4. The van der Waals surface area contributed by atoms with Gasteiger partial charge in [-0.1, -0.05) is 18.2 Å². The van der Waals surface area contributed by atoms with Crippen LogP contribution in [-0.4, -0.2) is 36.9 Å². The molecule has 0 spiro atoms. The standard InChI is InChI=1S/C22H20N4O4/c1-2-28-20-13-16(8-9-18(20)29-12-10-23)14-25-26-21(27)15-30-19-7-3-5-17-6-4-11-24-22(17)19/h3-9,11,13-14H,2,12,15H2,1H3,(H,26,27)/b25-14+. The minimum Gasteiger partial charge on any atom is -0.490 e. The lowest BCUT2D eigenvalue weighted by Gasteiger charge is -2.10. The van der Waals surface area contributed by atoms with Crippen LogP contribution in [0.5, 0.6) is 17.2 Å². The van der Waals surface area contributed by atoms with E-state index >= 15 is 0 Å². The van der Waals surface area contributed by atoms with Crippen LogP contribution in [0.3, 0.4) is 0 Å². The fraction of sp³-hybridized carbons (Fsp3) is 0.182. The monoisotopic (exact) mass is 404 g/mol. The van der Waals surface area contributed by atoms with Crippen LogP contribution in [0.4, 0.5) is 0 Å². The van der Waals surface area contributed by atoms with Crippen molar-refractivity contribution in [2.75, 3.05) is 19.8 Å². The summed E-state index contributed by atoms with van der Waals surface area (Å²) in [6.07, 6.45) is 3.15. The molecular formula is C22H20N4O4. The Hall–Kier alpha value is -4.12. The van der Waals surface area contributed by atoms with E-state index < -0.39 is 5.91 Å². The van der Waals surface area contributed by atoms with Crippen LogP contribution in [0.15, 0.2) is 59.8 Å². The first-order valence-electron chi connectivity index (χ1n) is 9.26. The van der Waals surface area contributed by atoms with E-state index in [1.54, 1.807) is 30.5 Å². The van der Waals surface area contributed by atoms with Gasteiger partial charge in [-0.05, 0) is 42.8 Å². The molecule has 2 aromatic carbocycles. The van der Waals surface area contributed by atoms with E-state index in [9.17, 15) is 4.79 Å². The topological polar surface area (TPSA) is 106 Å². The van der Waals surface area contributed by atoms with Gasteiger partial charge in [-0.2, -0.15) is 10.4 Å². The zero-order chi connectivity index (χ0) is 21.2. The molecule has 8 heteroatoms. The van der Waals surface area contributed by atoms with Crippen LogP contribution < -0.4 is 19.6 Å². The molecule has 0 radical (unpaired) electrons. The first-order valence-corrected chi connectivity index (χ1v) is 9.26. The fourth-order valence-electron chi connectivity index (χ4n) is 2.65. The van der Waals surface area contributed by atoms with Crippen LogP contribution in [0, 0.1) is 11.3 Å². The number of ether oxygens (including phenoxy) is 3. The molecule has 30 heavy (non-hydrogen) atoms. The number of hydrazone groups is 1. The molecule has 0 saturated carbocycles. The van der Waals surface area contributed by atoms with Crippen molar-refractivity contribution in [1.29, 1.82) is 5.26 Å². The maximum atomic E-state index is 12.0. The zero-order valence-electron chi connectivity index (χ0n) is 16.4. The van der Waals surface area contributed by atoms with Crippen molar-refractivity contribution in [3.05, 3.63) is 60.3 Å². The Morgan fingerprint density at radius 2 is 2.00 bits per heavy atom. The average molecular weight is 404 g/mol. The molecule has 0 aliphatic carbocycles. The smallest absolute Gasteiger partial charge is 0.277 e. The van der Waals surface area contributed by atoms with E-state index in [-0.39, 0.29) is 13.2 Å². The second-order valence-corrected chi connectivity index (χ2v) is 6.00. The van der Waals surface area contributed by atoms with Gasteiger partial charge in [-0.3, -0.25) is 9.78 Å². The second kappa shape index (κ2) is 10.4. The van der Waals surface area contributed by atoms with Crippen molar-refractivity contribution in [2.45, 2.75) is 6.92 Å². The van der Waals surface area contributed by atoms with Gasteiger partial charge in [0.15, 0.2) is 24.7 Å². The van der Waals surface area contributed by atoms with Gasteiger partial charge in [0.1, 0.15) is 17.3 Å². The summed E-state index contributed by atoms with van der Waals surface area (Å²) >= 11 is 0. The van der Waals surface area contributed by atoms with Crippen molar-refractivity contribution >= 4 is 23.0 Å². The molecule has 0 aliphatic rings. The normalized spacial score (nSPS) is 10.5. The van der Waals surface area contributed by atoms with Gasteiger partial charge in [0, 0.05) is 11.6 Å². The molecular weight excluding hydrogens is 384 g/mol. The number of aromatic nitrogens is 1. The van der Waals surface area contributed by atoms with E-state index in [0.717, 1.165) is 5.39 Å². The largest absolute Gasteiger partial charge is 0.490 e. The third-order valence-corrected chi connectivity index (χ3v) is 3.92. The number of para-hydroxylation sites is 1. The fourth-order valence-corrected chi connectivity index (χ4v) is 2.65. The van der Waals surface area contributed by atoms with E-state index in [2.05, 4.69) is 15.5 Å². The Balaban J connectivity index is 1.57.